The summed E-state index contributed by atoms with van der Waals surface area (Å²) >= 11 is 0. The summed E-state index contributed by atoms with van der Waals surface area (Å²) in [6, 6.07) is 0.305. The number of hydrogen-bond donors (Lipinski definition) is 2. The summed E-state index contributed by atoms with van der Waals surface area (Å²) in [6.07, 6.45) is 0.711. The molecule has 5 heteroatoms. The van der Waals surface area contributed by atoms with Gasteiger partial charge in [0.15, 0.2) is 0 Å². The first-order chi connectivity index (χ1) is 7.73. The van der Waals surface area contributed by atoms with Gasteiger partial charge in [0, 0.05) is 19.1 Å². The van der Waals surface area contributed by atoms with Gasteiger partial charge in [-0.05, 0) is 48.5 Å². The number of nitrogens with zero attached hydrogens (tertiary/aromatic N) is 2. The van der Waals surface area contributed by atoms with Gasteiger partial charge in [0.05, 0.1) is 5.54 Å². The van der Waals surface area contributed by atoms with Crippen molar-refractivity contribution in [2.24, 2.45) is 5.73 Å². The van der Waals surface area contributed by atoms with Gasteiger partial charge in [-0.2, -0.15) is 0 Å². The van der Waals surface area contributed by atoms with Crippen LogP contribution in [0, 0.1) is 0 Å². The van der Waals surface area contributed by atoms with Gasteiger partial charge in [-0.15, -0.1) is 0 Å². The standard InChI is InChI=1S/C12H28N4O/c1-10(16(6)8-7-15(4)5)9-12(2,14-3)11(13)17/h10,14H,7-9H2,1-6H3,(H2,13,17). The molecular weight excluding hydrogens is 216 g/mol. The third-order valence-corrected chi connectivity index (χ3v) is 3.45. The third kappa shape index (κ3) is 5.48. The van der Waals surface area contributed by atoms with E-state index in [0.29, 0.717) is 12.5 Å². The van der Waals surface area contributed by atoms with Crippen molar-refractivity contribution in [2.75, 3.05) is 41.3 Å². The normalized spacial score (nSPS) is 17.2. The van der Waals surface area contributed by atoms with Crippen LogP contribution in [0.1, 0.15) is 20.3 Å². The van der Waals surface area contributed by atoms with Crippen LogP contribution in [-0.2, 0) is 4.79 Å². The SMILES string of the molecule is CNC(C)(CC(C)N(C)CCN(C)C)C(N)=O. The molecule has 0 bridgehead atoms. The van der Waals surface area contributed by atoms with E-state index in [0.717, 1.165) is 13.1 Å². The van der Waals surface area contributed by atoms with Crippen LogP contribution in [0.2, 0.25) is 0 Å². The van der Waals surface area contributed by atoms with Crippen LogP contribution in [0.15, 0.2) is 0 Å². The minimum absolute atomic E-state index is 0.298. The molecule has 0 fully saturated rings. The molecule has 3 N–H and O–H groups in total. The van der Waals surface area contributed by atoms with Crippen molar-refractivity contribution in [1.82, 2.24) is 15.1 Å². The summed E-state index contributed by atoms with van der Waals surface area (Å²) < 4.78 is 0. The maximum Gasteiger partial charge on any atom is 0.237 e. The van der Waals surface area contributed by atoms with Crippen LogP contribution < -0.4 is 11.1 Å². The van der Waals surface area contributed by atoms with Crippen molar-refractivity contribution in [3.8, 4) is 0 Å². The highest BCUT2D eigenvalue weighted by Gasteiger charge is 2.31. The number of likely N-dealkylation sites (N-methyl/N-ethyl adjacent to an activating group) is 3. The van der Waals surface area contributed by atoms with Gasteiger partial charge < -0.3 is 20.9 Å². The quantitative estimate of drug-likeness (QED) is 0.616. The van der Waals surface area contributed by atoms with Crippen LogP contribution in [0.5, 0.6) is 0 Å². The molecule has 2 atom stereocenters. The summed E-state index contributed by atoms with van der Waals surface area (Å²) in [5, 5.41) is 3.02. The smallest absolute Gasteiger partial charge is 0.237 e. The molecule has 0 aromatic rings. The van der Waals surface area contributed by atoms with E-state index in [1.165, 1.54) is 0 Å². The molecule has 0 aliphatic heterocycles. The molecule has 0 rings (SSSR count). The summed E-state index contributed by atoms with van der Waals surface area (Å²) in [4.78, 5) is 15.8. The molecule has 0 radical (unpaired) electrons. The first-order valence-corrected chi connectivity index (χ1v) is 6.06. The second-order valence-corrected chi connectivity index (χ2v) is 5.28. The molecule has 5 nitrogen and oxygen atoms in total. The Morgan fingerprint density at radius 1 is 1.35 bits per heavy atom. The Bertz CT molecular complexity index is 245. The lowest BCUT2D eigenvalue weighted by atomic mass is 9.92. The first-order valence-electron chi connectivity index (χ1n) is 6.06. The number of carbonyl (C=O) groups is 1. The number of rotatable bonds is 8. The van der Waals surface area contributed by atoms with Crippen LogP contribution in [-0.4, -0.2) is 68.6 Å². The van der Waals surface area contributed by atoms with Crippen molar-refractivity contribution >= 4 is 5.91 Å². The highest BCUT2D eigenvalue weighted by molar-refractivity contribution is 5.84. The maximum atomic E-state index is 11.4. The van der Waals surface area contributed by atoms with Gasteiger partial charge in [-0.3, -0.25) is 4.79 Å². The van der Waals surface area contributed by atoms with E-state index in [1.807, 2.05) is 6.92 Å². The first kappa shape index (κ1) is 16.4. The van der Waals surface area contributed by atoms with Crippen molar-refractivity contribution < 1.29 is 4.79 Å². The number of amides is 1. The molecule has 0 aliphatic rings. The highest BCUT2D eigenvalue weighted by atomic mass is 16.1. The van der Waals surface area contributed by atoms with E-state index < -0.39 is 5.54 Å². The number of nitrogens with one attached hydrogen (secondary N) is 1. The summed E-state index contributed by atoms with van der Waals surface area (Å²) in [6.45, 7) is 5.96. The second kappa shape index (κ2) is 6.93. The van der Waals surface area contributed by atoms with Gasteiger partial charge >= 0.3 is 0 Å². The lowest BCUT2D eigenvalue weighted by molar-refractivity contribution is -0.124. The maximum absolute atomic E-state index is 11.4. The van der Waals surface area contributed by atoms with Gasteiger partial charge in [0.1, 0.15) is 0 Å². The van der Waals surface area contributed by atoms with Crippen molar-refractivity contribution in [3.05, 3.63) is 0 Å². The molecule has 2 unspecified atom stereocenters. The van der Waals surface area contributed by atoms with E-state index >= 15 is 0 Å². The van der Waals surface area contributed by atoms with Gasteiger partial charge in [-0.25, -0.2) is 0 Å². The van der Waals surface area contributed by atoms with Gasteiger partial charge in [0.2, 0.25) is 5.91 Å². The topological polar surface area (TPSA) is 61.6 Å². The Labute approximate surface area is 105 Å². The number of nitrogens with two attached hydrogens (primary N) is 1. The Morgan fingerprint density at radius 3 is 2.24 bits per heavy atom. The Balaban J connectivity index is 4.31. The van der Waals surface area contributed by atoms with Crippen LogP contribution in [0.4, 0.5) is 0 Å². The molecule has 102 valence electrons. The van der Waals surface area contributed by atoms with Crippen LogP contribution >= 0.6 is 0 Å². The Kier molecular flexibility index (Phi) is 6.67. The minimum Gasteiger partial charge on any atom is -0.368 e. The molecule has 0 saturated heterocycles. The van der Waals surface area contributed by atoms with E-state index in [2.05, 4.69) is 43.2 Å². The molecular formula is C12H28N4O. The van der Waals surface area contributed by atoms with Crippen molar-refractivity contribution in [2.45, 2.75) is 31.8 Å². The Hall–Kier alpha value is -0.650. The summed E-state index contributed by atoms with van der Waals surface area (Å²) in [5.74, 6) is -0.298. The molecule has 0 heterocycles. The van der Waals surface area contributed by atoms with E-state index in [9.17, 15) is 4.79 Å². The molecule has 0 aromatic heterocycles. The summed E-state index contributed by atoms with van der Waals surface area (Å²) in [7, 11) is 7.96. The predicted octanol–water partition coefficient (Wildman–Crippen LogP) is -0.278. The largest absolute Gasteiger partial charge is 0.368 e. The lowest BCUT2D eigenvalue weighted by Crippen LogP contribution is -2.55. The fourth-order valence-corrected chi connectivity index (χ4v) is 1.65. The van der Waals surface area contributed by atoms with E-state index in [-0.39, 0.29) is 5.91 Å². The lowest BCUT2D eigenvalue weighted by Gasteiger charge is -2.33. The highest BCUT2D eigenvalue weighted by Crippen LogP contribution is 2.14. The van der Waals surface area contributed by atoms with E-state index in [4.69, 9.17) is 5.73 Å². The molecule has 1 amide bonds. The van der Waals surface area contributed by atoms with E-state index in [1.54, 1.807) is 7.05 Å². The zero-order chi connectivity index (χ0) is 13.6. The minimum atomic E-state index is -0.633. The molecule has 0 saturated carbocycles. The van der Waals surface area contributed by atoms with Crippen molar-refractivity contribution in [3.63, 3.8) is 0 Å². The fraction of sp³-hybridized carbons (Fsp3) is 0.917. The van der Waals surface area contributed by atoms with Crippen LogP contribution in [0.3, 0.4) is 0 Å². The van der Waals surface area contributed by atoms with Crippen LogP contribution in [0.25, 0.3) is 0 Å². The monoisotopic (exact) mass is 244 g/mol. The van der Waals surface area contributed by atoms with Crippen molar-refractivity contribution in [1.29, 1.82) is 0 Å². The number of carbonyl (C=O) groups excluding carboxylic acids is 1. The molecule has 0 aromatic carbocycles. The second-order valence-electron chi connectivity index (χ2n) is 5.28. The van der Waals surface area contributed by atoms with Gasteiger partial charge in [0.25, 0.3) is 0 Å². The average molecular weight is 244 g/mol. The predicted molar refractivity (Wildman–Crippen MR) is 71.9 cm³/mol. The average Bonchev–Trinajstić information content (AvgIpc) is 2.24. The zero-order valence-electron chi connectivity index (χ0n) is 12.1. The molecule has 0 spiro atoms. The Morgan fingerprint density at radius 2 is 1.88 bits per heavy atom. The van der Waals surface area contributed by atoms with Gasteiger partial charge in [-0.1, -0.05) is 0 Å². The fourth-order valence-electron chi connectivity index (χ4n) is 1.65. The number of hydrogen-bond acceptors (Lipinski definition) is 4. The summed E-state index contributed by atoms with van der Waals surface area (Å²) in [5.41, 5.74) is 4.79. The molecule has 17 heavy (non-hydrogen) atoms. The number of primary amides is 1. The third-order valence-electron chi connectivity index (χ3n) is 3.45. The zero-order valence-corrected chi connectivity index (χ0v) is 12.1. The molecule has 0 aliphatic carbocycles.